The molecule has 1 unspecified atom stereocenters. The Balaban J connectivity index is 1.74. The Morgan fingerprint density at radius 3 is 2.56 bits per heavy atom. The highest BCUT2D eigenvalue weighted by atomic mass is 16.6. The maximum atomic E-state index is 14.1. The monoisotopic (exact) mass is 502 g/mol. The van der Waals surface area contributed by atoms with Gasteiger partial charge in [-0.1, -0.05) is 44.1 Å². The topological polar surface area (TPSA) is 96.4 Å². The molecule has 4 aliphatic heterocycles. The van der Waals surface area contributed by atoms with Crippen LogP contribution in [0, 0.1) is 11.8 Å². The smallest absolute Gasteiger partial charge is 0.313 e. The van der Waals surface area contributed by atoms with Gasteiger partial charge in [0.15, 0.2) is 0 Å². The maximum Gasteiger partial charge on any atom is 0.313 e. The number of fused-ring (bicyclic) bond motifs is 2. The van der Waals surface area contributed by atoms with Crippen LogP contribution in [0.15, 0.2) is 24.3 Å². The van der Waals surface area contributed by atoms with Gasteiger partial charge in [0.2, 0.25) is 11.8 Å². The van der Waals surface area contributed by atoms with Crippen molar-refractivity contribution in [2.75, 3.05) is 32.8 Å². The first kappa shape index (κ1) is 26.9. The number of rotatable bonds is 9. The van der Waals surface area contributed by atoms with Gasteiger partial charge in [-0.25, -0.2) is 0 Å². The van der Waals surface area contributed by atoms with Gasteiger partial charge in [-0.15, -0.1) is 0 Å². The molecule has 2 saturated heterocycles. The fourth-order valence-corrected chi connectivity index (χ4v) is 6.41. The number of esters is 1. The van der Waals surface area contributed by atoms with Crippen molar-refractivity contribution in [2.45, 2.75) is 88.9 Å². The number of hydrogen-bond acceptors (Lipinski definition) is 6. The van der Waals surface area contributed by atoms with Crippen molar-refractivity contribution in [1.29, 1.82) is 0 Å². The zero-order chi connectivity index (χ0) is 25.8. The molecule has 8 heteroatoms. The van der Waals surface area contributed by atoms with Crippen LogP contribution in [-0.4, -0.2) is 82.8 Å². The van der Waals surface area contributed by atoms with Crippen LogP contribution < -0.4 is 0 Å². The molecule has 1 spiro atoms. The molecule has 5 atom stereocenters. The van der Waals surface area contributed by atoms with Gasteiger partial charge in [-0.3, -0.25) is 14.4 Å². The highest BCUT2D eigenvalue weighted by molar-refractivity contribution is 5.99. The minimum atomic E-state index is -1.22. The zero-order valence-electron chi connectivity index (χ0n) is 21.8. The Morgan fingerprint density at radius 2 is 1.78 bits per heavy atom. The van der Waals surface area contributed by atoms with Gasteiger partial charge in [-0.05, 0) is 51.9 Å². The zero-order valence-corrected chi connectivity index (χ0v) is 21.8. The van der Waals surface area contributed by atoms with Crippen molar-refractivity contribution in [3.8, 4) is 0 Å². The predicted molar refractivity (Wildman–Crippen MR) is 135 cm³/mol. The summed E-state index contributed by atoms with van der Waals surface area (Å²) in [6, 6.07) is -0.819. The number of unbranched alkanes of at least 4 members (excludes halogenated alkanes) is 4. The fraction of sp³-hybridized carbons (Fsp3) is 0.750. The molecule has 4 heterocycles. The standard InChI is InChI=1S/C28H42N2O6/c1-3-4-9-16-29-17-13-15-28-21(24(32)30(23(28)25(29)33)18-10-7-11-19-31)22-26(34)35-20-12-6-5-8-14-27(22,2)36-28/h8,13-15,21-23,31H,3-7,9-12,16-20H2,1-2H3/b14-8-/t21-,22+,23?,27-,28-/m0/s1. The number of ether oxygens (including phenoxy) is 2. The molecule has 4 rings (SSSR count). The summed E-state index contributed by atoms with van der Waals surface area (Å²) in [5, 5.41) is 9.20. The Labute approximate surface area is 214 Å². The number of aliphatic hydroxyl groups excluding tert-OH is 1. The summed E-state index contributed by atoms with van der Waals surface area (Å²) in [6.07, 6.45) is 15.4. The van der Waals surface area contributed by atoms with Gasteiger partial charge in [0.05, 0.1) is 18.1 Å². The van der Waals surface area contributed by atoms with Crippen molar-refractivity contribution >= 4 is 17.8 Å². The van der Waals surface area contributed by atoms with Crippen LogP contribution in [0.3, 0.4) is 0 Å². The molecule has 2 fully saturated rings. The van der Waals surface area contributed by atoms with E-state index >= 15 is 0 Å². The second-order valence-corrected chi connectivity index (χ2v) is 10.8. The number of carbonyl (C=O) groups excluding carboxylic acids is 3. The largest absolute Gasteiger partial charge is 0.465 e. The molecule has 0 saturated carbocycles. The Bertz CT molecular complexity index is 887. The molecule has 0 aromatic heterocycles. The molecule has 2 amide bonds. The molecular weight excluding hydrogens is 460 g/mol. The SMILES string of the molecule is CCCCCN1CC=C[C@]23O[C@@]4(C)/C=C\CCCCOC(=O)[C@H]4[C@H]2C(=O)N(CCCCCO)C3C1=O. The van der Waals surface area contributed by atoms with Gasteiger partial charge >= 0.3 is 5.97 Å². The molecular formula is C28H42N2O6. The molecule has 200 valence electrons. The van der Waals surface area contributed by atoms with E-state index in [2.05, 4.69) is 6.92 Å². The van der Waals surface area contributed by atoms with Crippen molar-refractivity contribution in [3.63, 3.8) is 0 Å². The maximum absolute atomic E-state index is 14.1. The second-order valence-electron chi connectivity index (χ2n) is 10.8. The fourth-order valence-electron chi connectivity index (χ4n) is 6.41. The third-order valence-electron chi connectivity index (χ3n) is 8.17. The lowest BCUT2D eigenvalue weighted by molar-refractivity contribution is -0.160. The predicted octanol–water partition coefficient (Wildman–Crippen LogP) is 2.99. The van der Waals surface area contributed by atoms with E-state index in [4.69, 9.17) is 9.47 Å². The molecule has 0 aromatic rings. The lowest BCUT2D eigenvalue weighted by Gasteiger charge is -2.37. The molecule has 0 aromatic carbocycles. The number of allylic oxidation sites excluding steroid dienone is 1. The van der Waals surface area contributed by atoms with Gasteiger partial charge < -0.3 is 24.4 Å². The summed E-state index contributed by atoms with van der Waals surface area (Å²) in [7, 11) is 0. The summed E-state index contributed by atoms with van der Waals surface area (Å²) in [6.45, 7) is 5.88. The third kappa shape index (κ3) is 4.86. The minimum Gasteiger partial charge on any atom is -0.465 e. The number of aliphatic hydroxyl groups is 1. The van der Waals surface area contributed by atoms with Crippen LogP contribution in [0.1, 0.15) is 71.6 Å². The normalized spacial score (nSPS) is 35.2. The molecule has 0 radical (unpaired) electrons. The van der Waals surface area contributed by atoms with E-state index < -0.39 is 35.0 Å². The van der Waals surface area contributed by atoms with E-state index in [9.17, 15) is 19.5 Å². The van der Waals surface area contributed by atoms with Crippen molar-refractivity contribution < 1.29 is 29.0 Å². The second kappa shape index (κ2) is 11.5. The lowest BCUT2D eigenvalue weighted by atomic mass is 9.74. The van der Waals surface area contributed by atoms with Crippen LogP contribution >= 0.6 is 0 Å². The Morgan fingerprint density at radius 1 is 0.972 bits per heavy atom. The van der Waals surface area contributed by atoms with Crippen LogP contribution in [-0.2, 0) is 23.9 Å². The first-order valence-corrected chi connectivity index (χ1v) is 13.8. The summed E-state index contributed by atoms with van der Waals surface area (Å²) in [5.74, 6) is -2.40. The first-order chi connectivity index (χ1) is 17.4. The Kier molecular flexibility index (Phi) is 8.56. The number of cyclic esters (lactones) is 1. The molecule has 1 N–H and O–H groups in total. The highest BCUT2D eigenvalue weighted by Crippen LogP contribution is 2.57. The first-order valence-electron chi connectivity index (χ1n) is 13.8. The van der Waals surface area contributed by atoms with Crippen LogP contribution in [0.5, 0.6) is 0 Å². The quantitative estimate of drug-likeness (QED) is 0.296. The number of carbonyl (C=O) groups is 3. The average molecular weight is 503 g/mol. The molecule has 0 aliphatic carbocycles. The van der Waals surface area contributed by atoms with Crippen LogP contribution in [0.25, 0.3) is 0 Å². The van der Waals surface area contributed by atoms with Gasteiger partial charge in [-0.2, -0.15) is 0 Å². The van der Waals surface area contributed by atoms with E-state index in [1.165, 1.54) is 0 Å². The number of nitrogens with zero attached hydrogens (tertiary/aromatic N) is 2. The molecule has 36 heavy (non-hydrogen) atoms. The summed E-state index contributed by atoms with van der Waals surface area (Å²) in [4.78, 5) is 45.1. The van der Waals surface area contributed by atoms with Crippen molar-refractivity contribution in [2.24, 2.45) is 11.8 Å². The summed E-state index contributed by atoms with van der Waals surface area (Å²) >= 11 is 0. The molecule has 8 nitrogen and oxygen atoms in total. The highest BCUT2D eigenvalue weighted by Gasteiger charge is 2.74. The average Bonchev–Trinajstić information content (AvgIpc) is 3.18. The lowest BCUT2D eigenvalue weighted by Crippen LogP contribution is -2.56. The van der Waals surface area contributed by atoms with E-state index in [1.807, 2.05) is 36.1 Å². The number of amides is 2. The van der Waals surface area contributed by atoms with Crippen LogP contribution in [0.4, 0.5) is 0 Å². The van der Waals surface area contributed by atoms with Crippen molar-refractivity contribution in [1.82, 2.24) is 9.80 Å². The summed E-state index contributed by atoms with van der Waals surface area (Å²) in [5.41, 5.74) is -2.26. The van der Waals surface area contributed by atoms with Crippen molar-refractivity contribution in [3.05, 3.63) is 24.3 Å². The molecule has 4 aliphatic rings. The van der Waals surface area contributed by atoms with Gasteiger partial charge in [0.25, 0.3) is 0 Å². The van der Waals surface area contributed by atoms with Crippen LogP contribution in [0.2, 0.25) is 0 Å². The number of likely N-dealkylation sites (tertiary alicyclic amines) is 1. The van der Waals surface area contributed by atoms with Gasteiger partial charge in [0, 0.05) is 26.2 Å². The van der Waals surface area contributed by atoms with E-state index in [-0.39, 0.29) is 18.4 Å². The third-order valence-corrected chi connectivity index (χ3v) is 8.17. The van der Waals surface area contributed by atoms with E-state index in [0.29, 0.717) is 39.1 Å². The van der Waals surface area contributed by atoms with E-state index in [1.54, 1.807) is 4.90 Å². The molecule has 0 bridgehead atoms. The van der Waals surface area contributed by atoms with E-state index in [0.717, 1.165) is 44.9 Å². The number of hydrogen-bond donors (Lipinski definition) is 1. The minimum absolute atomic E-state index is 0.0958. The van der Waals surface area contributed by atoms with Gasteiger partial charge in [0.1, 0.15) is 17.6 Å². The Hall–Kier alpha value is -2.19. The summed E-state index contributed by atoms with van der Waals surface area (Å²) < 4.78 is 12.5.